The molecule has 39 heavy (non-hydrogen) atoms. The Balaban J connectivity index is 1.71. The van der Waals surface area contributed by atoms with Gasteiger partial charge in [-0.1, -0.05) is 110 Å². The van der Waals surface area contributed by atoms with Crippen LogP contribution >= 0.6 is 0 Å². The summed E-state index contributed by atoms with van der Waals surface area (Å²) in [5.41, 5.74) is 14.8. The van der Waals surface area contributed by atoms with E-state index in [1.807, 2.05) is 6.08 Å². The number of rotatable bonds is 8. The van der Waals surface area contributed by atoms with Crippen molar-refractivity contribution in [3.8, 4) is 11.8 Å². The summed E-state index contributed by atoms with van der Waals surface area (Å²) in [5.74, 6) is 6.79. The van der Waals surface area contributed by atoms with Crippen LogP contribution < -0.4 is 0 Å². The molecule has 0 amide bonds. The van der Waals surface area contributed by atoms with Crippen molar-refractivity contribution in [2.24, 2.45) is 5.92 Å². The minimum absolute atomic E-state index is 0.507. The quantitative estimate of drug-likeness (QED) is 0.245. The van der Waals surface area contributed by atoms with E-state index < -0.39 is 0 Å². The first-order chi connectivity index (χ1) is 18.9. The smallest absolute Gasteiger partial charge is 0.0276 e. The van der Waals surface area contributed by atoms with Crippen LogP contribution in [-0.2, 0) is 0 Å². The molecular weight excluding hydrogens is 468 g/mol. The van der Waals surface area contributed by atoms with Gasteiger partial charge in [0.1, 0.15) is 0 Å². The van der Waals surface area contributed by atoms with Crippen LogP contribution in [0.4, 0.5) is 0 Å². The molecule has 2 aliphatic rings. The molecule has 0 N–H and O–H groups in total. The Morgan fingerprint density at radius 1 is 1.05 bits per heavy atom. The summed E-state index contributed by atoms with van der Waals surface area (Å²) >= 11 is 0. The molecule has 0 aliphatic heterocycles. The molecule has 0 nitrogen and oxygen atoms in total. The zero-order valence-corrected chi connectivity index (χ0v) is 24.6. The lowest BCUT2D eigenvalue weighted by molar-refractivity contribution is 0.670. The molecule has 0 aromatic heterocycles. The maximum Gasteiger partial charge on any atom is 0.0276 e. The van der Waals surface area contributed by atoms with E-state index in [4.69, 9.17) is 0 Å². The third-order valence-electron chi connectivity index (χ3n) is 7.93. The number of hydrogen-bond donors (Lipinski definition) is 0. The molecule has 0 fully saturated rings. The van der Waals surface area contributed by atoms with Crippen molar-refractivity contribution in [1.29, 1.82) is 0 Å². The highest BCUT2D eigenvalue weighted by molar-refractivity contribution is 5.92. The van der Waals surface area contributed by atoms with Crippen molar-refractivity contribution in [2.45, 2.75) is 67.2 Å². The first-order valence-corrected chi connectivity index (χ1v) is 14.4. The molecule has 2 aliphatic carbocycles. The third kappa shape index (κ3) is 6.79. The van der Waals surface area contributed by atoms with Gasteiger partial charge in [0.05, 0.1) is 0 Å². The molecular formula is C39H42. The number of benzene rings is 2. The van der Waals surface area contributed by atoms with Gasteiger partial charge in [-0.3, -0.25) is 0 Å². The number of allylic oxidation sites excluding steroid dienone is 13. The zero-order chi connectivity index (χ0) is 27.8. The maximum atomic E-state index is 3.14. The van der Waals surface area contributed by atoms with Gasteiger partial charge in [-0.25, -0.2) is 0 Å². The van der Waals surface area contributed by atoms with Crippen LogP contribution in [0.3, 0.4) is 0 Å². The standard InChI is InChI=1S/C39H42/c1-7-29(4)39-37(20-15-21-38(39)36-19-14-13-16-31(36)6)34-25-23-30(5)35(27-34)26-28(3)22-24-32(8-2)33-17-11-9-10-12-18-33/h8,11,13-14,16-19,21-27,29H,7,9,15,20H2,1-6H3/b24-22-,28-26+,32-8+. The van der Waals surface area contributed by atoms with Gasteiger partial charge in [-0.05, 0) is 121 Å². The lowest BCUT2D eigenvalue weighted by Crippen LogP contribution is -2.09. The molecule has 2 aromatic carbocycles. The molecule has 2 aromatic rings. The van der Waals surface area contributed by atoms with E-state index >= 15 is 0 Å². The van der Waals surface area contributed by atoms with Crippen LogP contribution in [0.5, 0.6) is 0 Å². The van der Waals surface area contributed by atoms with E-state index in [1.54, 1.807) is 0 Å². The predicted octanol–water partition coefficient (Wildman–Crippen LogP) is 10.8. The average molecular weight is 511 g/mol. The van der Waals surface area contributed by atoms with Gasteiger partial charge in [0.25, 0.3) is 0 Å². The second-order valence-corrected chi connectivity index (χ2v) is 10.7. The monoisotopic (exact) mass is 510 g/mol. The van der Waals surface area contributed by atoms with Crippen LogP contribution in [0.1, 0.15) is 81.2 Å². The highest BCUT2D eigenvalue weighted by atomic mass is 14.3. The van der Waals surface area contributed by atoms with E-state index in [0.717, 1.165) is 25.7 Å². The SMILES string of the molecule is C\C=C(/C=C\C(C)=C\c1cc(C2=C(C(C)CC)C(c3ccccc3C)=CCC2)ccc1C)C1=CC#CCC=C1. The molecule has 0 spiro atoms. The Labute approximate surface area is 237 Å². The summed E-state index contributed by atoms with van der Waals surface area (Å²) in [7, 11) is 0. The summed E-state index contributed by atoms with van der Waals surface area (Å²) in [5, 5.41) is 0. The van der Waals surface area contributed by atoms with Crippen molar-refractivity contribution >= 4 is 17.2 Å². The molecule has 198 valence electrons. The second kappa shape index (κ2) is 13.3. The first-order valence-electron chi connectivity index (χ1n) is 14.4. The van der Waals surface area contributed by atoms with Crippen molar-refractivity contribution in [1.82, 2.24) is 0 Å². The van der Waals surface area contributed by atoms with Gasteiger partial charge < -0.3 is 0 Å². The molecule has 4 rings (SSSR count). The Morgan fingerprint density at radius 2 is 1.87 bits per heavy atom. The summed E-state index contributed by atoms with van der Waals surface area (Å²) < 4.78 is 0. The van der Waals surface area contributed by atoms with Crippen LogP contribution in [0.25, 0.3) is 17.2 Å². The molecule has 0 heterocycles. The van der Waals surface area contributed by atoms with Gasteiger partial charge in [-0.15, -0.1) is 0 Å². The van der Waals surface area contributed by atoms with Crippen LogP contribution in [-0.4, -0.2) is 0 Å². The Morgan fingerprint density at radius 3 is 2.64 bits per heavy atom. The molecule has 0 heteroatoms. The van der Waals surface area contributed by atoms with E-state index in [-0.39, 0.29) is 0 Å². The molecule has 0 saturated heterocycles. The van der Waals surface area contributed by atoms with Gasteiger partial charge >= 0.3 is 0 Å². The highest BCUT2D eigenvalue weighted by Crippen LogP contribution is 2.43. The Hall–Kier alpha value is -3.82. The lowest BCUT2D eigenvalue weighted by Gasteiger charge is -2.28. The van der Waals surface area contributed by atoms with E-state index in [0.29, 0.717) is 5.92 Å². The zero-order valence-electron chi connectivity index (χ0n) is 24.6. The fourth-order valence-corrected chi connectivity index (χ4v) is 5.48. The van der Waals surface area contributed by atoms with Gasteiger partial charge in [-0.2, -0.15) is 0 Å². The fourth-order valence-electron chi connectivity index (χ4n) is 5.48. The summed E-state index contributed by atoms with van der Waals surface area (Å²) in [6.45, 7) is 13.4. The molecule has 0 radical (unpaired) electrons. The van der Waals surface area contributed by atoms with Gasteiger partial charge in [0.2, 0.25) is 0 Å². The van der Waals surface area contributed by atoms with Gasteiger partial charge in [0.15, 0.2) is 0 Å². The molecule has 1 atom stereocenters. The lowest BCUT2D eigenvalue weighted by atomic mass is 9.76. The largest absolute Gasteiger partial charge is 0.0943 e. The van der Waals surface area contributed by atoms with Gasteiger partial charge in [0, 0.05) is 6.42 Å². The van der Waals surface area contributed by atoms with Crippen molar-refractivity contribution < 1.29 is 0 Å². The normalized spacial score (nSPS) is 17.0. The molecule has 1 unspecified atom stereocenters. The Bertz CT molecular complexity index is 1490. The third-order valence-corrected chi connectivity index (χ3v) is 7.93. The number of hydrogen-bond acceptors (Lipinski definition) is 0. The average Bonchev–Trinajstić information content (AvgIpc) is 3.24. The van der Waals surface area contributed by atoms with Crippen LogP contribution in [0.15, 0.2) is 107 Å². The predicted molar refractivity (Wildman–Crippen MR) is 172 cm³/mol. The van der Waals surface area contributed by atoms with Crippen molar-refractivity contribution in [2.75, 3.05) is 0 Å². The van der Waals surface area contributed by atoms with E-state index in [9.17, 15) is 0 Å². The maximum absolute atomic E-state index is 3.14. The molecule has 0 saturated carbocycles. The minimum Gasteiger partial charge on any atom is -0.0943 e. The summed E-state index contributed by atoms with van der Waals surface area (Å²) in [4.78, 5) is 0. The second-order valence-electron chi connectivity index (χ2n) is 10.7. The number of aryl methyl sites for hydroxylation is 2. The summed E-state index contributed by atoms with van der Waals surface area (Å²) in [6.07, 6.45) is 21.8. The van der Waals surface area contributed by atoms with E-state index in [1.165, 1.54) is 61.3 Å². The fraction of sp³-hybridized carbons (Fsp3) is 0.282. The highest BCUT2D eigenvalue weighted by Gasteiger charge is 2.23. The molecule has 0 bridgehead atoms. The van der Waals surface area contributed by atoms with Crippen molar-refractivity contribution in [3.05, 3.63) is 135 Å². The summed E-state index contributed by atoms with van der Waals surface area (Å²) in [6, 6.07) is 15.9. The van der Waals surface area contributed by atoms with Crippen molar-refractivity contribution in [3.63, 3.8) is 0 Å². The topological polar surface area (TPSA) is 0 Å². The first kappa shape index (κ1) is 28.2. The Kier molecular flexibility index (Phi) is 9.62. The van der Waals surface area contributed by atoms with Crippen LogP contribution in [0, 0.1) is 31.6 Å². The minimum atomic E-state index is 0.507. The van der Waals surface area contributed by atoms with E-state index in [2.05, 4.69) is 138 Å². The van der Waals surface area contributed by atoms with Crippen LogP contribution in [0.2, 0.25) is 0 Å².